The van der Waals surface area contributed by atoms with Gasteiger partial charge < -0.3 is 18.6 Å². The normalized spacial score (nSPS) is 18.0. The lowest BCUT2D eigenvalue weighted by Crippen LogP contribution is -2.54. The summed E-state index contributed by atoms with van der Waals surface area (Å²) >= 11 is 0. The summed E-state index contributed by atoms with van der Waals surface area (Å²) in [5.41, 5.74) is 0. The molecule has 6 nitrogen and oxygen atoms in total. The van der Waals surface area contributed by atoms with E-state index in [9.17, 15) is 9.59 Å². The van der Waals surface area contributed by atoms with Crippen LogP contribution in [-0.2, 0) is 9.59 Å². The van der Waals surface area contributed by atoms with Crippen LogP contribution >= 0.6 is 0 Å². The van der Waals surface area contributed by atoms with E-state index in [2.05, 4.69) is 0 Å². The first kappa shape index (κ1) is 18.8. The SMILES string of the molecule is Cc1ccc(/C=C/C(=O)N2CCN(C(=O)/C=C/c3ccc(C)o3)[C@@H](C)C2)o1. The van der Waals surface area contributed by atoms with E-state index in [-0.39, 0.29) is 17.9 Å². The highest BCUT2D eigenvalue weighted by Gasteiger charge is 2.27. The number of piperazine rings is 1. The molecule has 0 bridgehead atoms. The van der Waals surface area contributed by atoms with E-state index in [4.69, 9.17) is 8.83 Å². The first-order valence-corrected chi connectivity index (χ1v) is 9.01. The predicted octanol–water partition coefficient (Wildman–Crippen LogP) is 3.28. The molecule has 1 aliphatic heterocycles. The molecule has 1 atom stereocenters. The Morgan fingerprint density at radius 2 is 1.48 bits per heavy atom. The molecule has 0 saturated carbocycles. The van der Waals surface area contributed by atoms with E-state index in [1.165, 1.54) is 12.2 Å². The molecule has 2 aromatic heterocycles. The first-order chi connectivity index (χ1) is 12.9. The van der Waals surface area contributed by atoms with E-state index in [0.29, 0.717) is 31.2 Å². The van der Waals surface area contributed by atoms with Gasteiger partial charge in [0.2, 0.25) is 11.8 Å². The number of furan rings is 2. The minimum Gasteiger partial charge on any atom is -0.462 e. The van der Waals surface area contributed by atoms with Crippen molar-refractivity contribution in [2.24, 2.45) is 0 Å². The van der Waals surface area contributed by atoms with E-state index in [0.717, 1.165) is 11.5 Å². The van der Waals surface area contributed by atoms with Gasteiger partial charge in [-0.3, -0.25) is 9.59 Å². The van der Waals surface area contributed by atoms with Crippen molar-refractivity contribution in [2.75, 3.05) is 19.6 Å². The summed E-state index contributed by atoms with van der Waals surface area (Å²) in [6.45, 7) is 7.17. The average Bonchev–Trinajstić information content (AvgIpc) is 3.25. The molecule has 1 saturated heterocycles. The van der Waals surface area contributed by atoms with Gasteiger partial charge in [0.1, 0.15) is 23.0 Å². The zero-order chi connectivity index (χ0) is 19.4. The highest BCUT2D eigenvalue weighted by atomic mass is 16.3. The molecule has 0 unspecified atom stereocenters. The first-order valence-electron chi connectivity index (χ1n) is 9.01. The molecule has 1 aliphatic rings. The summed E-state index contributed by atoms with van der Waals surface area (Å²) in [7, 11) is 0. The van der Waals surface area contributed by atoms with Crippen LogP contribution in [0.1, 0.15) is 30.0 Å². The summed E-state index contributed by atoms with van der Waals surface area (Å²) in [6.07, 6.45) is 6.38. The lowest BCUT2D eigenvalue weighted by Gasteiger charge is -2.39. The number of hydrogen-bond donors (Lipinski definition) is 0. The zero-order valence-corrected chi connectivity index (χ0v) is 15.8. The molecule has 0 radical (unpaired) electrons. The third-order valence-electron chi connectivity index (χ3n) is 4.52. The van der Waals surface area contributed by atoms with Gasteiger partial charge in [0.25, 0.3) is 0 Å². The maximum absolute atomic E-state index is 12.4. The van der Waals surface area contributed by atoms with E-state index >= 15 is 0 Å². The van der Waals surface area contributed by atoms with Crippen molar-refractivity contribution in [3.8, 4) is 0 Å². The maximum atomic E-state index is 12.4. The van der Waals surface area contributed by atoms with Gasteiger partial charge in [0.15, 0.2) is 0 Å². The van der Waals surface area contributed by atoms with Crippen LogP contribution < -0.4 is 0 Å². The molecule has 0 spiro atoms. The zero-order valence-electron chi connectivity index (χ0n) is 15.8. The minimum atomic E-state index is -0.0791. The molecular formula is C21H24N2O4. The number of carbonyl (C=O) groups excluding carboxylic acids is 2. The van der Waals surface area contributed by atoms with Gasteiger partial charge in [-0.05, 0) is 57.2 Å². The van der Waals surface area contributed by atoms with Crippen molar-refractivity contribution in [1.29, 1.82) is 0 Å². The molecular weight excluding hydrogens is 344 g/mol. The average molecular weight is 368 g/mol. The Morgan fingerprint density at radius 3 is 1.96 bits per heavy atom. The summed E-state index contributed by atoms with van der Waals surface area (Å²) in [5, 5.41) is 0. The Balaban J connectivity index is 1.55. The van der Waals surface area contributed by atoms with Gasteiger partial charge in [-0.2, -0.15) is 0 Å². The largest absolute Gasteiger partial charge is 0.462 e. The van der Waals surface area contributed by atoms with Gasteiger partial charge in [0, 0.05) is 37.8 Å². The summed E-state index contributed by atoms with van der Waals surface area (Å²) < 4.78 is 10.9. The summed E-state index contributed by atoms with van der Waals surface area (Å²) in [5.74, 6) is 2.76. The van der Waals surface area contributed by atoms with Crippen molar-refractivity contribution >= 4 is 24.0 Å². The summed E-state index contributed by atoms with van der Waals surface area (Å²) in [4.78, 5) is 28.4. The fraction of sp³-hybridized carbons (Fsp3) is 0.333. The third-order valence-corrected chi connectivity index (χ3v) is 4.52. The number of nitrogens with zero attached hydrogens (tertiary/aromatic N) is 2. The molecule has 2 aromatic rings. The van der Waals surface area contributed by atoms with Crippen LogP contribution in [0.4, 0.5) is 0 Å². The Labute approximate surface area is 158 Å². The van der Waals surface area contributed by atoms with Crippen molar-refractivity contribution in [1.82, 2.24) is 9.80 Å². The monoisotopic (exact) mass is 368 g/mol. The van der Waals surface area contributed by atoms with Crippen LogP contribution in [0.25, 0.3) is 12.2 Å². The molecule has 0 aromatic carbocycles. The standard InChI is InChI=1S/C21H24N2O4/c1-15-14-22(20(24)10-8-18-6-4-16(2)26-18)12-13-23(15)21(25)11-9-19-7-5-17(3)27-19/h4-11,15H,12-14H2,1-3H3/b10-8+,11-9+/t15-/m0/s1. The maximum Gasteiger partial charge on any atom is 0.247 e. The second kappa shape index (κ2) is 8.12. The van der Waals surface area contributed by atoms with Crippen molar-refractivity contribution in [2.45, 2.75) is 26.8 Å². The number of hydrogen-bond acceptors (Lipinski definition) is 4. The smallest absolute Gasteiger partial charge is 0.247 e. The Bertz CT molecular complexity index is 874. The number of rotatable bonds is 4. The fourth-order valence-electron chi connectivity index (χ4n) is 3.08. The quantitative estimate of drug-likeness (QED) is 0.777. The van der Waals surface area contributed by atoms with Gasteiger partial charge in [-0.1, -0.05) is 0 Å². The van der Waals surface area contributed by atoms with Gasteiger partial charge in [0.05, 0.1) is 0 Å². The summed E-state index contributed by atoms with van der Waals surface area (Å²) in [6, 6.07) is 7.30. The van der Waals surface area contributed by atoms with Crippen LogP contribution in [0.2, 0.25) is 0 Å². The molecule has 6 heteroatoms. The van der Waals surface area contributed by atoms with Crippen molar-refractivity contribution < 1.29 is 18.4 Å². The van der Waals surface area contributed by atoms with E-state index in [1.807, 2.05) is 45.0 Å². The molecule has 1 fully saturated rings. The highest BCUT2D eigenvalue weighted by Crippen LogP contribution is 2.14. The van der Waals surface area contributed by atoms with Crippen LogP contribution in [0.5, 0.6) is 0 Å². The molecule has 0 N–H and O–H groups in total. The number of amides is 2. The molecule has 27 heavy (non-hydrogen) atoms. The van der Waals surface area contributed by atoms with Gasteiger partial charge in [-0.25, -0.2) is 0 Å². The van der Waals surface area contributed by atoms with E-state index < -0.39 is 0 Å². The molecule has 0 aliphatic carbocycles. The fourth-order valence-corrected chi connectivity index (χ4v) is 3.08. The van der Waals surface area contributed by atoms with E-state index in [1.54, 1.807) is 22.0 Å². The molecule has 3 heterocycles. The van der Waals surface area contributed by atoms with Crippen molar-refractivity contribution in [3.63, 3.8) is 0 Å². The molecule has 3 rings (SSSR count). The Kier molecular flexibility index (Phi) is 5.64. The second-order valence-corrected chi connectivity index (χ2v) is 6.73. The highest BCUT2D eigenvalue weighted by molar-refractivity contribution is 5.93. The number of carbonyl (C=O) groups is 2. The Morgan fingerprint density at radius 1 is 0.926 bits per heavy atom. The van der Waals surface area contributed by atoms with Gasteiger partial charge >= 0.3 is 0 Å². The molecule has 2 amide bonds. The lowest BCUT2D eigenvalue weighted by atomic mass is 10.1. The van der Waals surface area contributed by atoms with Crippen LogP contribution in [0, 0.1) is 13.8 Å². The lowest BCUT2D eigenvalue weighted by molar-refractivity contribution is -0.136. The predicted molar refractivity (Wildman–Crippen MR) is 103 cm³/mol. The topological polar surface area (TPSA) is 66.9 Å². The Hall–Kier alpha value is -3.02. The minimum absolute atomic E-state index is 0.0579. The van der Waals surface area contributed by atoms with Crippen LogP contribution in [0.15, 0.2) is 45.3 Å². The van der Waals surface area contributed by atoms with Crippen LogP contribution in [-0.4, -0.2) is 47.3 Å². The molecule has 142 valence electrons. The second-order valence-electron chi connectivity index (χ2n) is 6.73. The van der Waals surface area contributed by atoms with Crippen LogP contribution in [0.3, 0.4) is 0 Å². The van der Waals surface area contributed by atoms with Crippen molar-refractivity contribution in [3.05, 3.63) is 59.5 Å². The number of aryl methyl sites for hydroxylation is 2. The third kappa shape index (κ3) is 4.78. The van der Waals surface area contributed by atoms with Gasteiger partial charge in [-0.15, -0.1) is 0 Å².